The summed E-state index contributed by atoms with van der Waals surface area (Å²) < 4.78 is 0. The molecule has 18 heavy (non-hydrogen) atoms. The summed E-state index contributed by atoms with van der Waals surface area (Å²) in [6.07, 6.45) is 4.98. The molecule has 0 aromatic heterocycles. The van der Waals surface area contributed by atoms with Crippen LogP contribution in [0.5, 0.6) is 0 Å². The number of carbonyl (C=O) groups excluding carboxylic acids is 2. The van der Waals surface area contributed by atoms with Crippen molar-refractivity contribution in [1.29, 1.82) is 0 Å². The van der Waals surface area contributed by atoms with E-state index in [1.165, 1.54) is 0 Å². The first-order valence-corrected chi connectivity index (χ1v) is 6.11. The Hall–Kier alpha value is -1.90. The molecule has 0 N–H and O–H groups in total. The highest BCUT2D eigenvalue weighted by Crippen LogP contribution is 2.16. The molecule has 1 rings (SSSR count). The van der Waals surface area contributed by atoms with E-state index in [1.54, 1.807) is 0 Å². The van der Waals surface area contributed by atoms with Gasteiger partial charge in [-0.05, 0) is 35.8 Å². The Labute approximate surface area is 108 Å². The molecule has 0 saturated heterocycles. The summed E-state index contributed by atoms with van der Waals surface area (Å²) in [6, 6.07) is 7.95. The maximum atomic E-state index is 10.7. The highest BCUT2D eigenvalue weighted by molar-refractivity contribution is 5.81. The number of nitrogens with zero attached hydrogens (tertiary/aromatic N) is 1. The first-order chi connectivity index (χ1) is 8.71. The van der Waals surface area contributed by atoms with Gasteiger partial charge in [0.05, 0.1) is 0 Å². The van der Waals surface area contributed by atoms with Crippen molar-refractivity contribution in [2.24, 2.45) is 0 Å². The van der Waals surface area contributed by atoms with Gasteiger partial charge in [0, 0.05) is 25.7 Å². The predicted octanol–water partition coefficient (Wildman–Crippen LogP) is 2.70. The van der Waals surface area contributed by atoms with Crippen LogP contribution in [0.2, 0.25) is 0 Å². The van der Waals surface area contributed by atoms with Crippen LogP contribution in [0, 0.1) is 0 Å². The second kappa shape index (κ2) is 7.43. The molecule has 0 radical (unpaired) electrons. The van der Waals surface area contributed by atoms with E-state index >= 15 is 0 Å². The summed E-state index contributed by atoms with van der Waals surface area (Å²) in [6.45, 7) is 2.68. The van der Waals surface area contributed by atoms with Gasteiger partial charge in [-0.15, -0.1) is 0 Å². The molecule has 3 heteroatoms. The van der Waals surface area contributed by atoms with Crippen molar-refractivity contribution in [2.75, 3.05) is 18.5 Å². The quantitative estimate of drug-likeness (QED) is 0.547. The van der Waals surface area contributed by atoms with Gasteiger partial charge in [-0.1, -0.05) is 19.1 Å². The number of aldehydes is 2. The largest absolute Gasteiger partial charge is 0.374 e. The molecule has 0 atom stereocenters. The number of allylic oxidation sites excluding steroid dienone is 1. The fraction of sp³-hybridized carbons (Fsp3) is 0.333. The minimum atomic E-state index is 0.531. The van der Waals surface area contributed by atoms with Gasteiger partial charge in [0.2, 0.25) is 0 Å². The van der Waals surface area contributed by atoms with Crippen molar-refractivity contribution in [1.82, 2.24) is 0 Å². The topological polar surface area (TPSA) is 37.4 Å². The minimum absolute atomic E-state index is 0.531. The van der Waals surface area contributed by atoms with Gasteiger partial charge >= 0.3 is 0 Å². The average molecular weight is 245 g/mol. The molecule has 0 heterocycles. The van der Waals surface area contributed by atoms with Gasteiger partial charge in [0.1, 0.15) is 12.6 Å². The summed E-state index contributed by atoms with van der Waals surface area (Å²) in [4.78, 5) is 23.1. The third kappa shape index (κ3) is 4.17. The highest BCUT2D eigenvalue weighted by atomic mass is 16.1. The van der Waals surface area contributed by atoms with Crippen LogP contribution in [-0.4, -0.2) is 26.2 Å². The van der Waals surface area contributed by atoms with Crippen molar-refractivity contribution in [3.8, 4) is 0 Å². The van der Waals surface area contributed by atoms with E-state index in [1.807, 2.05) is 49.2 Å². The Morgan fingerprint density at radius 1 is 1.22 bits per heavy atom. The second-order valence-corrected chi connectivity index (χ2v) is 4.16. The third-order valence-corrected chi connectivity index (χ3v) is 2.83. The number of benzene rings is 1. The fourth-order valence-electron chi connectivity index (χ4n) is 1.63. The molecule has 0 unspecified atom stereocenters. The van der Waals surface area contributed by atoms with Crippen LogP contribution in [0.1, 0.15) is 25.3 Å². The van der Waals surface area contributed by atoms with E-state index in [0.29, 0.717) is 13.0 Å². The summed E-state index contributed by atoms with van der Waals surface area (Å²) >= 11 is 0. The van der Waals surface area contributed by atoms with Crippen LogP contribution in [0.25, 0.3) is 6.08 Å². The van der Waals surface area contributed by atoms with Crippen LogP contribution in [0.3, 0.4) is 0 Å². The monoisotopic (exact) mass is 245 g/mol. The molecule has 1 aromatic carbocycles. The molecule has 0 saturated carbocycles. The highest BCUT2D eigenvalue weighted by Gasteiger charge is 2.00. The number of hydrogen-bond acceptors (Lipinski definition) is 3. The Morgan fingerprint density at radius 3 is 2.39 bits per heavy atom. The van der Waals surface area contributed by atoms with Crippen LogP contribution < -0.4 is 4.90 Å². The molecule has 0 aliphatic heterocycles. The summed E-state index contributed by atoms with van der Waals surface area (Å²) in [5.41, 5.74) is 2.88. The molecular formula is C15H19NO2. The molecule has 96 valence electrons. The van der Waals surface area contributed by atoms with Gasteiger partial charge in [0.15, 0.2) is 0 Å². The minimum Gasteiger partial charge on any atom is -0.374 e. The van der Waals surface area contributed by atoms with Crippen LogP contribution >= 0.6 is 0 Å². The van der Waals surface area contributed by atoms with Crippen LogP contribution in [0.15, 0.2) is 29.8 Å². The summed E-state index contributed by atoms with van der Waals surface area (Å²) in [5.74, 6) is 0. The smallest absolute Gasteiger partial charge is 0.146 e. The number of hydrogen-bond donors (Lipinski definition) is 0. The zero-order valence-corrected chi connectivity index (χ0v) is 10.9. The van der Waals surface area contributed by atoms with E-state index in [0.717, 1.165) is 35.8 Å². The number of anilines is 1. The first kappa shape index (κ1) is 14.2. The van der Waals surface area contributed by atoms with E-state index in [-0.39, 0.29) is 0 Å². The Balaban J connectivity index is 2.76. The van der Waals surface area contributed by atoms with Gasteiger partial charge in [-0.25, -0.2) is 0 Å². The third-order valence-electron chi connectivity index (χ3n) is 2.83. The zero-order valence-electron chi connectivity index (χ0n) is 10.9. The SMILES string of the molecule is CC/C(C=O)=C\c1ccc(N(C)CCC=O)cc1. The average Bonchev–Trinajstić information content (AvgIpc) is 2.42. The Bertz CT molecular complexity index is 421. The lowest BCUT2D eigenvalue weighted by atomic mass is 10.1. The van der Waals surface area contributed by atoms with Crippen molar-refractivity contribution < 1.29 is 9.59 Å². The molecule has 0 fully saturated rings. The van der Waals surface area contributed by atoms with Crippen molar-refractivity contribution in [3.63, 3.8) is 0 Å². The molecule has 3 nitrogen and oxygen atoms in total. The first-order valence-electron chi connectivity index (χ1n) is 6.11. The lowest BCUT2D eigenvalue weighted by Gasteiger charge is -2.17. The van der Waals surface area contributed by atoms with Gasteiger partial charge in [0.25, 0.3) is 0 Å². The lowest BCUT2D eigenvalue weighted by molar-refractivity contribution is -0.107. The predicted molar refractivity (Wildman–Crippen MR) is 74.7 cm³/mol. The number of rotatable bonds is 7. The summed E-state index contributed by atoms with van der Waals surface area (Å²) in [7, 11) is 1.96. The number of carbonyl (C=O) groups is 2. The molecular weight excluding hydrogens is 226 g/mol. The maximum absolute atomic E-state index is 10.7. The summed E-state index contributed by atoms with van der Waals surface area (Å²) in [5, 5.41) is 0. The Morgan fingerprint density at radius 2 is 1.89 bits per heavy atom. The molecule has 1 aromatic rings. The van der Waals surface area contributed by atoms with E-state index < -0.39 is 0 Å². The van der Waals surface area contributed by atoms with Gasteiger partial charge in [-0.2, -0.15) is 0 Å². The maximum Gasteiger partial charge on any atom is 0.146 e. The van der Waals surface area contributed by atoms with Crippen LogP contribution in [0.4, 0.5) is 5.69 Å². The standard InChI is InChI=1S/C15H19NO2/c1-3-13(12-18)11-14-5-7-15(8-6-14)16(2)9-4-10-17/h5-8,10-12H,3-4,9H2,1-2H3/b13-11+. The van der Waals surface area contributed by atoms with E-state index in [2.05, 4.69) is 0 Å². The second-order valence-electron chi connectivity index (χ2n) is 4.16. The zero-order chi connectivity index (χ0) is 13.4. The normalized spacial score (nSPS) is 11.1. The molecule has 0 bridgehead atoms. The van der Waals surface area contributed by atoms with E-state index in [4.69, 9.17) is 0 Å². The molecule has 0 aliphatic rings. The molecule has 0 aliphatic carbocycles. The van der Waals surface area contributed by atoms with Crippen molar-refractivity contribution >= 4 is 24.3 Å². The van der Waals surface area contributed by atoms with Crippen molar-refractivity contribution in [2.45, 2.75) is 19.8 Å². The molecule has 0 amide bonds. The Kier molecular flexibility index (Phi) is 5.85. The van der Waals surface area contributed by atoms with Gasteiger partial charge in [-0.3, -0.25) is 4.79 Å². The van der Waals surface area contributed by atoms with Gasteiger partial charge < -0.3 is 9.69 Å². The fourth-order valence-corrected chi connectivity index (χ4v) is 1.63. The van der Waals surface area contributed by atoms with E-state index in [9.17, 15) is 9.59 Å². The molecule has 0 spiro atoms. The lowest BCUT2D eigenvalue weighted by Crippen LogP contribution is -2.18. The van der Waals surface area contributed by atoms with Crippen molar-refractivity contribution in [3.05, 3.63) is 35.4 Å². The van der Waals surface area contributed by atoms with Crippen LogP contribution in [-0.2, 0) is 9.59 Å².